The second-order valence-corrected chi connectivity index (χ2v) is 6.03. The van der Waals surface area contributed by atoms with Crippen molar-refractivity contribution in [2.45, 2.75) is 46.2 Å². The Morgan fingerprint density at radius 1 is 0.917 bits per heavy atom. The topological polar surface area (TPSA) is 30.5 Å². The molecule has 24 heavy (non-hydrogen) atoms. The Hall–Kier alpha value is -2.00. The molecule has 0 heterocycles. The van der Waals surface area contributed by atoms with Gasteiger partial charge in [-0.1, -0.05) is 56.2 Å². The van der Waals surface area contributed by atoms with E-state index in [1.165, 1.54) is 24.0 Å². The van der Waals surface area contributed by atoms with Crippen molar-refractivity contribution in [3.63, 3.8) is 0 Å². The molecule has 0 aliphatic heterocycles. The highest BCUT2D eigenvalue weighted by Crippen LogP contribution is 2.31. The minimum absolute atomic E-state index is 0.735. The Kier molecular flexibility index (Phi) is 7.63. The van der Waals surface area contributed by atoms with Gasteiger partial charge in [0.05, 0.1) is 13.7 Å². The highest BCUT2D eigenvalue weighted by atomic mass is 16.5. The normalized spacial score (nSPS) is 10.6. The highest BCUT2D eigenvalue weighted by molar-refractivity contribution is 5.46. The van der Waals surface area contributed by atoms with Crippen LogP contribution in [-0.2, 0) is 13.1 Å². The molecule has 0 bridgehead atoms. The van der Waals surface area contributed by atoms with Gasteiger partial charge in [-0.2, -0.15) is 0 Å². The van der Waals surface area contributed by atoms with Crippen LogP contribution >= 0.6 is 0 Å². The maximum atomic E-state index is 6.02. The predicted octanol–water partition coefficient (Wildman–Crippen LogP) is 4.86. The fourth-order valence-corrected chi connectivity index (χ4v) is 2.69. The fourth-order valence-electron chi connectivity index (χ4n) is 2.69. The molecule has 0 aromatic heterocycles. The molecule has 0 unspecified atom stereocenters. The molecule has 2 rings (SSSR count). The van der Waals surface area contributed by atoms with Gasteiger partial charge in [0.2, 0.25) is 0 Å². The Morgan fingerprint density at radius 3 is 2.42 bits per heavy atom. The Labute approximate surface area is 146 Å². The zero-order chi connectivity index (χ0) is 17.2. The average molecular weight is 327 g/mol. The monoisotopic (exact) mass is 327 g/mol. The SMILES string of the molecule is CCCCCOc1c(CNCc2ccccc2C)cccc1OC. The van der Waals surface area contributed by atoms with Crippen molar-refractivity contribution in [2.75, 3.05) is 13.7 Å². The molecule has 130 valence electrons. The molecule has 0 spiro atoms. The first-order valence-electron chi connectivity index (χ1n) is 8.80. The summed E-state index contributed by atoms with van der Waals surface area (Å²) in [5, 5.41) is 3.52. The van der Waals surface area contributed by atoms with Gasteiger partial charge in [0.25, 0.3) is 0 Å². The summed E-state index contributed by atoms with van der Waals surface area (Å²) in [6.45, 7) is 6.68. The van der Waals surface area contributed by atoms with Gasteiger partial charge in [0.1, 0.15) is 0 Å². The van der Waals surface area contributed by atoms with Gasteiger partial charge >= 0.3 is 0 Å². The summed E-state index contributed by atoms with van der Waals surface area (Å²) in [7, 11) is 1.69. The molecule has 0 saturated carbocycles. The van der Waals surface area contributed by atoms with Gasteiger partial charge in [-0.25, -0.2) is 0 Å². The van der Waals surface area contributed by atoms with Gasteiger partial charge in [-0.15, -0.1) is 0 Å². The van der Waals surface area contributed by atoms with Crippen LogP contribution in [0.15, 0.2) is 42.5 Å². The molecule has 0 saturated heterocycles. The van der Waals surface area contributed by atoms with Crippen LogP contribution in [0.25, 0.3) is 0 Å². The van der Waals surface area contributed by atoms with E-state index in [4.69, 9.17) is 9.47 Å². The van der Waals surface area contributed by atoms with Crippen LogP contribution < -0.4 is 14.8 Å². The van der Waals surface area contributed by atoms with Gasteiger partial charge < -0.3 is 14.8 Å². The first-order valence-corrected chi connectivity index (χ1v) is 8.80. The molecule has 1 N–H and O–H groups in total. The summed E-state index contributed by atoms with van der Waals surface area (Å²) in [4.78, 5) is 0. The lowest BCUT2D eigenvalue weighted by atomic mass is 10.1. The van der Waals surface area contributed by atoms with Crippen molar-refractivity contribution in [2.24, 2.45) is 0 Å². The Morgan fingerprint density at radius 2 is 1.67 bits per heavy atom. The molecule has 0 fully saturated rings. The highest BCUT2D eigenvalue weighted by Gasteiger charge is 2.10. The largest absolute Gasteiger partial charge is 0.493 e. The van der Waals surface area contributed by atoms with E-state index in [1.807, 2.05) is 12.1 Å². The van der Waals surface area contributed by atoms with E-state index in [2.05, 4.69) is 49.5 Å². The van der Waals surface area contributed by atoms with Crippen molar-refractivity contribution in [3.05, 3.63) is 59.2 Å². The number of ether oxygens (including phenoxy) is 2. The molecule has 0 aliphatic carbocycles. The molecule has 3 heteroatoms. The summed E-state index contributed by atoms with van der Waals surface area (Å²) in [5.74, 6) is 1.68. The van der Waals surface area contributed by atoms with Crippen LogP contribution in [0.4, 0.5) is 0 Å². The Bertz CT molecular complexity index is 625. The number of hydrogen-bond acceptors (Lipinski definition) is 3. The summed E-state index contributed by atoms with van der Waals surface area (Å²) in [5.41, 5.74) is 3.77. The molecule has 2 aromatic carbocycles. The van der Waals surface area contributed by atoms with Gasteiger partial charge in [0, 0.05) is 18.7 Å². The van der Waals surface area contributed by atoms with E-state index in [0.717, 1.165) is 43.2 Å². The standard InChI is InChI=1S/C21H29NO2/c1-4-5-8-14-24-21-19(12-9-13-20(21)23-3)16-22-15-18-11-7-6-10-17(18)2/h6-7,9-13,22H,4-5,8,14-16H2,1-3H3. The van der Waals surface area contributed by atoms with Crippen LogP contribution in [0.3, 0.4) is 0 Å². The number of methoxy groups -OCH3 is 1. The zero-order valence-corrected chi connectivity index (χ0v) is 15.1. The minimum atomic E-state index is 0.735. The summed E-state index contributed by atoms with van der Waals surface area (Å²) in [6, 6.07) is 14.5. The zero-order valence-electron chi connectivity index (χ0n) is 15.1. The van der Waals surface area contributed by atoms with Crippen LogP contribution in [0.5, 0.6) is 11.5 Å². The number of hydrogen-bond donors (Lipinski definition) is 1. The second kappa shape index (κ2) is 9.99. The number of aryl methyl sites for hydroxylation is 1. The van der Waals surface area contributed by atoms with Gasteiger partial charge in [-0.3, -0.25) is 0 Å². The van der Waals surface area contributed by atoms with Crippen LogP contribution in [0, 0.1) is 6.92 Å². The van der Waals surface area contributed by atoms with E-state index < -0.39 is 0 Å². The van der Waals surface area contributed by atoms with Crippen molar-refractivity contribution >= 4 is 0 Å². The third-order valence-electron chi connectivity index (χ3n) is 4.17. The number of unbranched alkanes of at least 4 members (excludes halogenated alkanes) is 2. The van der Waals surface area contributed by atoms with Crippen molar-refractivity contribution in [3.8, 4) is 11.5 Å². The number of rotatable bonds is 10. The Balaban J connectivity index is 1.99. The molecule has 0 amide bonds. The van der Waals surface area contributed by atoms with E-state index in [0.29, 0.717) is 0 Å². The lowest BCUT2D eigenvalue weighted by Gasteiger charge is -2.16. The maximum absolute atomic E-state index is 6.02. The maximum Gasteiger partial charge on any atom is 0.165 e. The number of para-hydroxylation sites is 1. The smallest absolute Gasteiger partial charge is 0.165 e. The molecular formula is C21H29NO2. The predicted molar refractivity (Wildman–Crippen MR) is 99.7 cm³/mol. The second-order valence-electron chi connectivity index (χ2n) is 6.03. The summed E-state index contributed by atoms with van der Waals surface area (Å²) < 4.78 is 11.5. The molecule has 0 atom stereocenters. The van der Waals surface area contributed by atoms with Crippen LogP contribution in [0.2, 0.25) is 0 Å². The first-order chi connectivity index (χ1) is 11.8. The molecule has 2 aromatic rings. The molecule has 3 nitrogen and oxygen atoms in total. The van der Waals surface area contributed by atoms with Crippen molar-refractivity contribution in [1.82, 2.24) is 5.32 Å². The summed E-state index contributed by atoms with van der Waals surface area (Å²) in [6.07, 6.45) is 3.46. The van der Waals surface area contributed by atoms with Crippen molar-refractivity contribution in [1.29, 1.82) is 0 Å². The lowest BCUT2D eigenvalue weighted by Crippen LogP contribution is -2.15. The van der Waals surface area contributed by atoms with E-state index in [9.17, 15) is 0 Å². The number of benzene rings is 2. The van der Waals surface area contributed by atoms with E-state index in [-0.39, 0.29) is 0 Å². The quantitative estimate of drug-likeness (QED) is 0.632. The molecule has 0 aliphatic rings. The van der Waals surface area contributed by atoms with E-state index in [1.54, 1.807) is 7.11 Å². The average Bonchev–Trinajstić information content (AvgIpc) is 2.61. The molecular weight excluding hydrogens is 298 g/mol. The van der Waals surface area contributed by atoms with Crippen LogP contribution in [-0.4, -0.2) is 13.7 Å². The first kappa shape index (κ1) is 18.3. The minimum Gasteiger partial charge on any atom is -0.493 e. The summed E-state index contributed by atoms with van der Waals surface area (Å²) >= 11 is 0. The van der Waals surface area contributed by atoms with E-state index >= 15 is 0 Å². The third kappa shape index (κ3) is 5.27. The number of nitrogens with one attached hydrogen (secondary N) is 1. The third-order valence-corrected chi connectivity index (χ3v) is 4.17. The van der Waals surface area contributed by atoms with Gasteiger partial charge in [0.15, 0.2) is 11.5 Å². The molecule has 0 radical (unpaired) electrons. The van der Waals surface area contributed by atoms with Gasteiger partial charge in [-0.05, 0) is 30.5 Å². The van der Waals surface area contributed by atoms with Crippen molar-refractivity contribution < 1.29 is 9.47 Å². The lowest BCUT2D eigenvalue weighted by molar-refractivity contribution is 0.282. The fraction of sp³-hybridized carbons (Fsp3) is 0.429. The van der Waals surface area contributed by atoms with Crippen LogP contribution in [0.1, 0.15) is 42.9 Å².